The summed E-state index contributed by atoms with van der Waals surface area (Å²) < 4.78 is 11.9. The van der Waals surface area contributed by atoms with E-state index >= 15 is 0 Å². The summed E-state index contributed by atoms with van der Waals surface area (Å²) in [5.41, 5.74) is 0. The molecule has 5 nitrogen and oxygen atoms in total. The average Bonchev–Trinajstić information content (AvgIpc) is 3.25. The maximum atomic E-state index is 5.98. The van der Waals surface area contributed by atoms with Crippen molar-refractivity contribution in [2.75, 3.05) is 26.3 Å². The van der Waals surface area contributed by atoms with Crippen molar-refractivity contribution in [1.29, 1.82) is 0 Å². The summed E-state index contributed by atoms with van der Waals surface area (Å²) in [5, 5.41) is 0. The number of likely N-dealkylation sites (tertiary alicyclic amines) is 1. The Morgan fingerprint density at radius 2 is 2.18 bits per heavy atom. The standard InChI is InChI=1S/C17H21N3O2/c1-2-4-14(5-3-1)21-11-13-12-22-16-9-20(8-15(13)16)10-17-18-6-7-19-17/h1-7,13,15-16H,8-12H2,(H,18,19)/t13-,15-,16-/m0/s1. The number of aromatic nitrogens is 2. The van der Waals surface area contributed by atoms with Gasteiger partial charge in [-0.1, -0.05) is 18.2 Å². The lowest BCUT2D eigenvalue weighted by atomic mass is 9.94. The molecule has 2 saturated heterocycles. The van der Waals surface area contributed by atoms with Crippen molar-refractivity contribution in [3.05, 3.63) is 48.5 Å². The fourth-order valence-electron chi connectivity index (χ4n) is 3.50. The summed E-state index contributed by atoms with van der Waals surface area (Å²) in [7, 11) is 0. The number of nitrogens with zero attached hydrogens (tertiary/aromatic N) is 2. The van der Waals surface area contributed by atoms with Gasteiger partial charge in [-0.3, -0.25) is 4.90 Å². The highest BCUT2D eigenvalue weighted by atomic mass is 16.5. The van der Waals surface area contributed by atoms with E-state index in [0.717, 1.165) is 44.4 Å². The van der Waals surface area contributed by atoms with Crippen LogP contribution in [0.3, 0.4) is 0 Å². The topological polar surface area (TPSA) is 50.4 Å². The molecule has 0 spiro atoms. The minimum atomic E-state index is 0.347. The number of rotatable bonds is 5. The summed E-state index contributed by atoms with van der Waals surface area (Å²) >= 11 is 0. The third-order valence-electron chi connectivity index (χ3n) is 4.65. The first kappa shape index (κ1) is 13.8. The van der Waals surface area contributed by atoms with Gasteiger partial charge in [0.1, 0.15) is 11.6 Å². The molecule has 5 heteroatoms. The van der Waals surface area contributed by atoms with E-state index in [-0.39, 0.29) is 0 Å². The Labute approximate surface area is 130 Å². The third-order valence-corrected chi connectivity index (χ3v) is 4.65. The highest BCUT2D eigenvalue weighted by Crippen LogP contribution is 2.34. The van der Waals surface area contributed by atoms with Crippen LogP contribution >= 0.6 is 0 Å². The molecule has 0 unspecified atom stereocenters. The number of nitrogens with one attached hydrogen (secondary N) is 1. The monoisotopic (exact) mass is 299 g/mol. The number of ether oxygens (including phenoxy) is 2. The molecule has 2 aliphatic rings. The molecule has 2 aliphatic heterocycles. The van der Waals surface area contributed by atoms with Gasteiger partial charge < -0.3 is 14.5 Å². The van der Waals surface area contributed by atoms with Crippen LogP contribution in [0.1, 0.15) is 5.82 Å². The van der Waals surface area contributed by atoms with E-state index in [9.17, 15) is 0 Å². The molecule has 0 aliphatic carbocycles. The second kappa shape index (κ2) is 6.10. The molecule has 0 amide bonds. The molecule has 1 aromatic carbocycles. The third kappa shape index (κ3) is 2.87. The Balaban J connectivity index is 1.32. The number of aromatic amines is 1. The first-order chi connectivity index (χ1) is 10.9. The summed E-state index contributed by atoms with van der Waals surface area (Å²) in [4.78, 5) is 9.89. The number of imidazole rings is 1. The molecule has 1 aromatic heterocycles. The summed E-state index contributed by atoms with van der Waals surface area (Å²) in [6.07, 6.45) is 4.03. The van der Waals surface area contributed by atoms with Gasteiger partial charge in [0.2, 0.25) is 0 Å². The maximum Gasteiger partial charge on any atom is 0.120 e. The van der Waals surface area contributed by atoms with E-state index in [1.807, 2.05) is 36.5 Å². The van der Waals surface area contributed by atoms with Crippen LogP contribution in [-0.4, -0.2) is 47.3 Å². The van der Waals surface area contributed by atoms with Crippen LogP contribution in [0.5, 0.6) is 5.75 Å². The largest absolute Gasteiger partial charge is 0.493 e. The van der Waals surface area contributed by atoms with Gasteiger partial charge in [-0.25, -0.2) is 4.98 Å². The van der Waals surface area contributed by atoms with Gasteiger partial charge in [-0.15, -0.1) is 0 Å². The molecule has 3 atom stereocenters. The van der Waals surface area contributed by atoms with Crippen LogP contribution in [0.15, 0.2) is 42.7 Å². The summed E-state index contributed by atoms with van der Waals surface area (Å²) in [6.45, 7) is 4.48. The first-order valence-electron chi connectivity index (χ1n) is 7.88. The van der Waals surface area contributed by atoms with Crippen molar-refractivity contribution in [3.63, 3.8) is 0 Å². The molecule has 2 fully saturated rings. The van der Waals surface area contributed by atoms with Gasteiger partial charge in [0.25, 0.3) is 0 Å². The SMILES string of the molecule is c1ccc(OC[C@H]2CO[C@H]3CN(Cc4ncc[nH]4)C[C@@H]23)cc1. The number of H-pyrrole nitrogens is 1. The normalized spacial score (nSPS) is 27.9. The van der Waals surface area contributed by atoms with Crippen molar-refractivity contribution < 1.29 is 9.47 Å². The average molecular weight is 299 g/mol. The Morgan fingerprint density at radius 1 is 1.27 bits per heavy atom. The van der Waals surface area contributed by atoms with E-state index in [4.69, 9.17) is 9.47 Å². The van der Waals surface area contributed by atoms with Gasteiger partial charge in [0.15, 0.2) is 0 Å². The van der Waals surface area contributed by atoms with Crippen LogP contribution in [0, 0.1) is 11.8 Å². The molecule has 0 radical (unpaired) electrons. The van der Waals surface area contributed by atoms with Crippen LogP contribution in [0.4, 0.5) is 0 Å². The fraction of sp³-hybridized carbons (Fsp3) is 0.471. The van der Waals surface area contributed by atoms with Crippen molar-refractivity contribution >= 4 is 0 Å². The van der Waals surface area contributed by atoms with Gasteiger partial charge in [-0.2, -0.15) is 0 Å². The van der Waals surface area contributed by atoms with Crippen LogP contribution in [0.2, 0.25) is 0 Å². The van der Waals surface area contributed by atoms with E-state index in [0.29, 0.717) is 17.9 Å². The maximum absolute atomic E-state index is 5.98. The molecular weight excluding hydrogens is 278 g/mol. The number of fused-ring (bicyclic) bond motifs is 1. The van der Waals surface area contributed by atoms with Crippen LogP contribution in [-0.2, 0) is 11.3 Å². The molecule has 116 valence electrons. The molecule has 4 rings (SSSR count). The molecule has 22 heavy (non-hydrogen) atoms. The molecule has 0 bridgehead atoms. The molecule has 2 aromatic rings. The van der Waals surface area contributed by atoms with Gasteiger partial charge in [-0.05, 0) is 12.1 Å². The quantitative estimate of drug-likeness (QED) is 0.916. The molecule has 0 saturated carbocycles. The number of benzene rings is 1. The lowest BCUT2D eigenvalue weighted by Crippen LogP contribution is -2.26. The van der Waals surface area contributed by atoms with E-state index < -0.39 is 0 Å². The predicted octanol–water partition coefficient (Wildman–Crippen LogP) is 1.94. The lowest BCUT2D eigenvalue weighted by molar-refractivity contribution is 0.0893. The molecule has 3 heterocycles. The van der Waals surface area contributed by atoms with E-state index in [1.165, 1.54) is 0 Å². The van der Waals surface area contributed by atoms with Gasteiger partial charge >= 0.3 is 0 Å². The zero-order valence-electron chi connectivity index (χ0n) is 12.5. The predicted molar refractivity (Wildman–Crippen MR) is 82.5 cm³/mol. The number of hydrogen-bond acceptors (Lipinski definition) is 4. The zero-order chi connectivity index (χ0) is 14.8. The Bertz CT molecular complexity index is 587. The summed E-state index contributed by atoms with van der Waals surface area (Å²) in [6, 6.07) is 10.0. The van der Waals surface area contributed by atoms with E-state index in [1.54, 1.807) is 6.20 Å². The Morgan fingerprint density at radius 3 is 3.00 bits per heavy atom. The highest BCUT2D eigenvalue weighted by Gasteiger charge is 2.44. The van der Waals surface area contributed by atoms with Crippen molar-refractivity contribution in [2.45, 2.75) is 12.6 Å². The second-order valence-corrected chi connectivity index (χ2v) is 6.15. The fourth-order valence-corrected chi connectivity index (χ4v) is 3.50. The van der Waals surface area contributed by atoms with Gasteiger partial charge in [0.05, 0.1) is 25.9 Å². The van der Waals surface area contributed by atoms with Gasteiger partial charge in [0, 0.05) is 37.3 Å². The minimum Gasteiger partial charge on any atom is -0.493 e. The Kier molecular flexibility index (Phi) is 3.83. The Hall–Kier alpha value is -1.85. The van der Waals surface area contributed by atoms with Crippen molar-refractivity contribution in [2.24, 2.45) is 11.8 Å². The number of hydrogen-bond donors (Lipinski definition) is 1. The van der Waals surface area contributed by atoms with Crippen LogP contribution in [0.25, 0.3) is 0 Å². The molecule has 1 N–H and O–H groups in total. The molecular formula is C17H21N3O2. The number of para-hydroxylation sites is 1. The van der Waals surface area contributed by atoms with Crippen molar-refractivity contribution in [3.8, 4) is 5.75 Å². The van der Waals surface area contributed by atoms with E-state index in [2.05, 4.69) is 14.9 Å². The minimum absolute atomic E-state index is 0.347. The zero-order valence-corrected chi connectivity index (χ0v) is 12.5. The summed E-state index contributed by atoms with van der Waals surface area (Å²) in [5.74, 6) is 3.01. The second-order valence-electron chi connectivity index (χ2n) is 6.15. The highest BCUT2D eigenvalue weighted by molar-refractivity contribution is 5.21. The van der Waals surface area contributed by atoms with Crippen molar-refractivity contribution in [1.82, 2.24) is 14.9 Å². The lowest BCUT2D eigenvalue weighted by Gasteiger charge is -2.19. The smallest absolute Gasteiger partial charge is 0.120 e. The van der Waals surface area contributed by atoms with Crippen LogP contribution < -0.4 is 4.74 Å². The first-order valence-corrected chi connectivity index (χ1v) is 7.88.